The molecule has 1 aromatic heterocycles. The molecule has 0 atom stereocenters. The smallest absolute Gasteiger partial charge is 0.231 e. The number of aromatic nitrogens is 1. The maximum absolute atomic E-state index is 13.2. The van der Waals surface area contributed by atoms with E-state index >= 15 is 0 Å². The molecule has 1 aliphatic heterocycles. The predicted octanol–water partition coefficient (Wildman–Crippen LogP) is 4.34. The maximum atomic E-state index is 13.2. The Balaban J connectivity index is 1.67. The summed E-state index contributed by atoms with van der Waals surface area (Å²) in [5.41, 5.74) is 3.21. The summed E-state index contributed by atoms with van der Waals surface area (Å²) in [7, 11) is 0. The first-order valence-electron chi connectivity index (χ1n) is 12.3. The molecule has 0 spiro atoms. The normalized spacial score (nSPS) is 14.4. The molecule has 0 unspecified atom stereocenters. The van der Waals surface area contributed by atoms with Crippen molar-refractivity contribution in [3.8, 4) is 11.5 Å². The van der Waals surface area contributed by atoms with Crippen LogP contribution in [0.2, 0.25) is 0 Å². The van der Waals surface area contributed by atoms with Crippen molar-refractivity contribution >= 4 is 22.8 Å². The Bertz CT molecular complexity index is 1170. The minimum Gasteiger partial charge on any atom is -0.872 e. The lowest BCUT2D eigenvalue weighted by Crippen LogP contribution is -3.10. The Morgan fingerprint density at radius 3 is 2.45 bits per heavy atom. The molecule has 2 aromatic carbocycles. The zero-order valence-electron chi connectivity index (χ0n) is 19.9. The van der Waals surface area contributed by atoms with Gasteiger partial charge in [-0.25, -0.2) is 0 Å². The molecule has 4 rings (SSSR count). The minimum atomic E-state index is -0.150. The number of quaternary nitrogens is 1. The van der Waals surface area contributed by atoms with Gasteiger partial charge in [0.05, 0.1) is 18.7 Å². The van der Waals surface area contributed by atoms with E-state index in [9.17, 15) is 9.90 Å². The number of aryl methyl sites for hydroxylation is 1. The Hall–Kier alpha value is -3.05. The van der Waals surface area contributed by atoms with Gasteiger partial charge in [-0.3, -0.25) is 4.79 Å². The molecule has 1 N–H and O–H groups in total. The van der Waals surface area contributed by atoms with Crippen molar-refractivity contribution in [3.05, 3.63) is 65.0 Å². The van der Waals surface area contributed by atoms with Crippen LogP contribution in [-0.4, -0.2) is 23.4 Å². The van der Waals surface area contributed by atoms with Gasteiger partial charge in [0.1, 0.15) is 12.3 Å². The van der Waals surface area contributed by atoms with Crippen molar-refractivity contribution in [2.24, 2.45) is 0 Å². The maximum Gasteiger partial charge on any atom is 0.231 e. The summed E-state index contributed by atoms with van der Waals surface area (Å²) in [5, 5.41) is 13.9. The number of nitrogens with one attached hydrogen (secondary N) is 1. The van der Waals surface area contributed by atoms with E-state index in [1.165, 1.54) is 11.0 Å². The number of benzene rings is 2. The Morgan fingerprint density at radius 1 is 1.03 bits per heavy atom. The fraction of sp³-hybridized carbons (Fsp3) is 0.393. The Kier molecular flexibility index (Phi) is 7.19. The van der Waals surface area contributed by atoms with E-state index in [0.717, 1.165) is 61.8 Å². The summed E-state index contributed by atoms with van der Waals surface area (Å²) in [5.74, 6) is 0.558. The van der Waals surface area contributed by atoms with E-state index in [2.05, 4.69) is 43.7 Å². The second-order valence-electron chi connectivity index (χ2n) is 8.88. The van der Waals surface area contributed by atoms with Crippen molar-refractivity contribution in [1.29, 1.82) is 0 Å². The van der Waals surface area contributed by atoms with Crippen LogP contribution in [0.4, 0.5) is 0 Å². The zero-order chi connectivity index (χ0) is 23.4. The molecule has 0 radical (unpaired) electrons. The molecule has 5 nitrogen and oxygen atoms in total. The van der Waals surface area contributed by atoms with Gasteiger partial charge in [0.2, 0.25) is 5.78 Å². The van der Waals surface area contributed by atoms with Crippen LogP contribution in [0.1, 0.15) is 67.9 Å². The van der Waals surface area contributed by atoms with Gasteiger partial charge >= 0.3 is 0 Å². The number of allylic oxidation sites excluding steroid dienone is 1. The van der Waals surface area contributed by atoms with Crippen LogP contribution < -0.4 is 14.7 Å². The third kappa shape index (κ3) is 4.69. The summed E-state index contributed by atoms with van der Waals surface area (Å²) >= 11 is 0. The molecular formula is C28H34N2O3. The lowest BCUT2D eigenvalue weighted by atomic mass is 10.0. The number of carbonyl (C=O) groups is 1. The number of para-hydroxylation sites is 1. The summed E-state index contributed by atoms with van der Waals surface area (Å²) in [6.07, 6.45) is 8.37. The van der Waals surface area contributed by atoms with Gasteiger partial charge in [-0.15, -0.1) is 0 Å². The third-order valence-electron chi connectivity index (χ3n) is 6.54. The van der Waals surface area contributed by atoms with Crippen LogP contribution in [0, 0.1) is 0 Å². The number of ketones is 1. The number of carbonyl (C=O) groups excluding carboxylic acids is 1. The minimum absolute atomic E-state index is 0.0455. The summed E-state index contributed by atoms with van der Waals surface area (Å²) in [4.78, 5) is 14.6. The average Bonchev–Trinajstić information content (AvgIpc) is 3.35. The highest BCUT2D eigenvalue weighted by Gasteiger charge is 2.31. The second-order valence-corrected chi connectivity index (χ2v) is 8.88. The first-order chi connectivity index (χ1) is 16.1. The fourth-order valence-corrected chi connectivity index (χ4v) is 4.65. The molecule has 0 saturated carbocycles. The van der Waals surface area contributed by atoms with Crippen LogP contribution in [0.15, 0.2) is 48.4 Å². The number of nitrogens with zero attached hydrogens (tertiary/aromatic N) is 1. The molecule has 0 amide bonds. The van der Waals surface area contributed by atoms with Crippen molar-refractivity contribution < 1.29 is 19.5 Å². The highest BCUT2D eigenvalue weighted by Crippen LogP contribution is 2.38. The van der Waals surface area contributed by atoms with Crippen molar-refractivity contribution in [1.82, 2.24) is 4.57 Å². The number of hydrogen-bond donors (Lipinski definition) is 1. The van der Waals surface area contributed by atoms with Gasteiger partial charge in [0.15, 0.2) is 5.76 Å². The molecule has 0 fully saturated rings. The Morgan fingerprint density at radius 2 is 1.76 bits per heavy atom. The number of rotatable bonds is 10. The average molecular weight is 447 g/mol. The van der Waals surface area contributed by atoms with Gasteiger partial charge in [0, 0.05) is 34.8 Å². The highest BCUT2D eigenvalue weighted by atomic mass is 16.5. The molecule has 0 bridgehead atoms. The lowest BCUT2D eigenvalue weighted by molar-refractivity contribution is -0.914. The largest absolute Gasteiger partial charge is 0.872 e. The topological polar surface area (TPSA) is 58.7 Å². The van der Waals surface area contributed by atoms with Gasteiger partial charge in [-0.1, -0.05) is 56.7 Å². The number of hydrogen-bond acceptors (Lipinski definition) is 3. The van der Waals surface area contributed by atoms with Crippen LogP contribution in [0.5, 0.6) is 11.5 Å². The predicted molar refractivity (Wildman–Crippen MR) is 131 cm³/mol. The first-order valence-corrected chi connectivity index (χ1v) is 12.3. The number of unbranched alkanes of at least 4 members (excludes halogenated alkanes) is 2. The highest BCUT2D eigenvalue weighted by molar-refractivity contribution is 6.15. The second kappa shape index (κ2) is 10.3. The molecule has 33 heavy (non-hydrogen) atoms. The summed E-state index contributed by atoms with van der Waals surface area (Å²) < 4.78 is 8.29. The van der Waals surface area contributed by atoms with Crippen molar-refractivity contribution in [2.75, 3.05) is 13.1 Å². The quantitative estimate of drug-likeness (QED) is 0.472. The van der Waals surface area contributed by atoms with Gasteiger partial charge in [0.25, 0.3) is 0 Å². The lowest BCUT2D eigenvalue weighted by Gasteiger charge is -2.23. The van der Waals surface area contributed by atoms with E-state index in [1.807, 2.05) is 18.2 Å². The van der Waals surface area contributed by atoms with Crippen LogP contribution >= 0.6 is 0 Å². The van der Waals surface area contributed by atoms with Crippen molar-refractivity contribution in [2.45, 2.75) is 59.5 Å². The van der Waals surface area contributed by atoms with E-state index in [1.54, 1.807) is 6.07 Å². The summed E-state index contributed by atoms with van der Waals surface area (Å²) in [6, 6.07) is 11.3. The fourth-order valence-electron chi connectivity index (χ4n) is 4.65. The van der Waals surface area contributed by atoms with Gasteiger partial charge < -0.3 is 19.3 Å². The molecule has 174 valence electrons. The standard InChI is InChI=1S/C28H34N2O3/c1-4-7-15-29(16-8-5-2)19-23-25(31)14-13-22-27(32)26(33-28(22)23)17-20-18-30(6-3)24-12-10-9-11-21(20)24/h9-14,17-18,31H,4-8,15-16,19H2,1-3H3/b26-17+. The van der Waals surface area contributed by atoms with E-state index in [-0.39, 0.29) is 11.5 Å². The SMILES string of the molecule is CCCC[NH+](CCCC)Cc1c([O-])ccc2c1O/C(=C/c1cn(CC)c3ccccc13)C2=O. The van der Waals surface area contributed by atoms with Crippen LogP contribution in [0.3, 0.4) is 0 Å². The molecule has 0 aliphatic carbocycles. The van der Waals surface area contributed by atoms with Crippen molar-refractivity contribution in [3.63, 3.8) is 0 Å². The molecular weight excluding hydrogens is 412 g/mol. The number of fused-ring (bicyclic) bond motifs is 2. The number of ether oxygens (including phenoxy) is 1. The molecule has 1 aliphatic rings. The van der Waals surface area contributed by atoms with E-state index < -0.39 is 0 Å². The molecule has 3 aromatic rings. The number of Topliss-reactive ketones (excluding diaryl/α,β-unsaturated/α-hetero) is 1. The third-order valence-corrected chi connectivity index (χ3v) is 6.54. The Labute approximate surface area is 196 Å². The monoisotopic (exact) mass is 446 g/mol. The van der Waals surface area contributed by atoms with Crippen LogP contribution in [0.25, 0.3) is 17.0 Å². The molecule has 0 saturated heterocycles. The summed E-state index contributed by atoms with van der Waals surface area (Å²) in [6.45, 7) is 9.95. The van der Waals surface area contributed by atoms with Crippen LogP contribution in [-0.2, 0) is 13.1 Å². The first kappa shape index (κ1) is 23.1. The van der Waals surface area contributed by atoms with E-state index in [4.69, 9.17) is 4.74 Å². The molecule has 5 heteroatoms. The molecule has 2 heterocycles. The zero-order valence-corrected chi connectivity index (χ0v) is 19.9. The van der Waals surface area contributed by atoms with E-state index in [0.29, 0.717) is 29.2 Å². The van der Waals surface area contributed by atoms with Gasteiger partial charge in [-0.2, -0.15) is 0 Å². The van der Waals surface area contributed by atoms with Gasteiger partial charge in [-0.05, 0) is 38.0 Å².